The van der Waals surface area contributed by atoms with E-state index in [1.807, 2.05) is 54.6 Å². The van der Waals surface area contributed by atoms with Crippen molar-refractivity contribution >= 4 is 5.97 Å². The quantitative estimate of drug-likeness (QED) is 0.361. The van der Waals surface area contributed by atoms with E-state index in [2.05, 4.69) is 0 Å². The maximum atomic E-state index is 13.7. The molecule has 3 aromatic rings. The summed E-state index contributed by atoms with van der Waals surface area (Å²) in [5.74, 6) is -0.638. The van der Waals surface area contributed by atoms with Crippen LogP contribution in [0.5, 0.6) is 5.75 Å². The van der Waals surface area contributed by atoms with Crippen LogP contribution in [0.1, 0.15) is 25.8 Å². The van der Waals surface area contributed by atoms with Crippen LogP contribution in [-0.4, -0.2) is 23.1 Å². The highest BCUT2D eigenvalue weighted by atomic mass is 19.3. The second kappa shape index (κ2) is 9.40. The fourth-order valence-electron chi connectivity index (χ4n) is 3.40. The fourth-order valence-corrected chi connectivity index (χ4v) is 3.40. The summed E-state index contributed by atoms with van der Waals surface area (Å²) in [6, 6.07) is 25.8. The van der Waals surface area contributed by atoms with Gasteiger partial charge in [-0.05, 0) is 55.5 Å². The molecule has 2 unspecified atom stereocenters. The highest BCUT2D eigenvalue weighted by Gasteiger charge is 2.55. The van der Waals surface area contributed by atoms with Gasteiger partial charge in [0.1, 0.15) is 11.4 Å². The summed E-state index contributed by atoms with van der Waals surface area (Å²) in [5.41, 5.74) is -1.37. The van der Waals surface area contributed by atoms with Gasteiger partial charge in [-0.2, -0.15) is 0 Å². The molecule has 2 atom stereocenters. The van der Waals surface area contributed by atoms with Gasteiger partial charge in [-0.1, -0.05) is 72.8 Å². The van der Waals surface area contributed by atoms with Crippen LogP contribution in [0.25, 0.3) is 11.1 Å². The second-order valence-electron chi connectivity index (χ2n) is 8.05. The highest BCUT2D eigenvalue weighted by molar-refractivity contribution is 5.80. The minimum absolute atomic E-state index is 0.000685. The van der Waals surface area contributed by atoms with E-state index in [0.717, 1.165) is 23.6 Å². The van der Waals surface area contributed by atoms with Crippen molar-refractivity contribution < 1.29 is 23.4 Å². The Bertz CT molecular complexity index is 986. The molecular weight excluding hydrogens is 398 g/mol. The van der Waals surface area contributed by atoms with Gasteiger partial charge in [-0.15, -0.1) is 0 Å². The lowest BCUT2D eigenvalue weighted by atomic mass is 9.70. The zero-order chi connectivity index (χ0) is 22.5. The monoisotopic (exact) mass is 424 g/mol. The lowest BCUT2D eigenvalue weighted by Gasteiger charge is -2.40. The molecule has 0 bridgehead atoms. The number of hydrogen-bond donors (Lipinski definition) is 1. The van der Waals surface area contributed by atoms with Crippen molar-refractivity contribution in [3.8, 4) is 16.9 Å². The van der Waals surface area contributed by atoms with Crippen LogP contribution in [0.15, 0.2) is 84.9 Å². The summed E-state index contributed by atoms with van der Waals surface area (Å²) in [5, 5.41) is 10.6. The minimum atomic E-state index is -3.11. The van der Waals surface area contributed by atoms with E-state index < -0.39 is 23.4 Å². The summed E-state index contributed by atoms with van der Waals surface area (Å²) in [4.78, 5) is 12.9. The summed E-state index contributed by atoms with van der Waals surface area (Å²) in [7, 11) is 0. The molecule has 0 saturated carbocycles. The Labute approximate surface area is 181 Å². The van der Waals surface area contributed by atoms with Crippen LogP contribution >= 0.6 is 0 Å². The second-order valence-corrected chi connectivity index (χ2v) is 8.05. The Morgan fingerprint density at radius 2 is 1.39 bits per heavy atom. The summed E-state index contributed by atoms with van der Waals surface area (Å²) >= 11 is 0. The van der Waals surface area contributed by atoms with Crippen LogP contribution in [0, 0.1) is 5.41 Å². The van der Waals surface area contributed by atoms with E-state index in [1.165, 1.54) is 6.92 Å². The molecule has 0 aromatic heterocycles. The molecule has 0 aliphatic carbocycles. The van der Waals surface area contributed by atoms with E-state index in [4.69, 9.17) is 4.74 Å². The number of para-hydroxylation sites is 1. The number of aliphatic hydroxyl groups is 1. The average molecular weight is 424 g/mol. The topological polar surface area (TPSA) is 46.5 Å². The van der Waals surface area contributed by atoms with Gasteiger partial charge in [-0.3, -0.25) is 4.79 Å². The molecule has 5 heteroatoms. The first kappa shape index (κ1) is 22.6. The molecule has 3 nitrogen and oxygen atoms in total. The van der Waals surface area contributed by atoms with Gasteiger partial charge in [0.2, 0.25) is 0 Å². The number of rotatable bonds is 8. The first-order valence-corrected chi connectivity index (χ1v) is 10.2. The van der Waals surface area contributed by atoms with Gasteiger partial charge in [-0.25, -0.2) is 8.78 Å². The molecule has 0 aliphatic rings. The third kappa shape index (κ3) is 5.00. The predicted octanol–water partition coefficient (Wildman–Crippen LogP) is 5.91. The molecule has 31 heavy (non-hydrogen) atoms. The third-order valence-electron chi connectivity index (χ3n) is 5.92. The van der Waals surface area contributed by atoms with Crippen molar-refractivity contribution in [2.75, 3.05) is 0 Å². The van der Waals surface area contributed by atoms with Gasteiger partial charge in [0.15, 0.2) is 0 Å². The van der Waals surface area contributed by atoms with Crippen molar-refractivity contribution in [3.05, 3.63) is 90.5 Å². The molecule has 1 N–H and O–H groups in total. The number of esters is 1. The number of ether oxygens (including phenoxy) is 1. The highest BCUT2D eigenvalue weighted by Crippen LogP contribution is 2.41. The molecular formula is C26H26F2O3. The fraction of sp³-hybridized carbons (Fsp3) is 0.269. The summed E-state index contributed by atoms with van der Waals surface area (Å²) < 4.78 is 32.8. The molecule has 0 spiro atoms. The van der Waals surface area contributed by atoms with E-state index in [0.29, 0.717) is 6.42 Å². The minimum Gasteiger partial charge on any atom is -0.426 e. The Morgan fingerprint density at radius 1 is 0.871 bits per heavy atom. The normalized spacial score (nSPS) is 15.2. The number of aryl methyl sites for hydroxylation is 1. The maximum absolute atomic E-state index is 13.7. The molecule has 0 fully saturated rings. The van der Waals surface area contributed by atoms with Gasteiger partial charge in [0.25, 0.3) is 6.43 Å². The molecule has 0 aliphatic heterocycles. The lowest BCUT2D eigenvalue weighted by molar-refractivity contribution is -0.188. The molecule has 3 aromatic carbocycles. The van der Waals surface area contributed by atoms with Crippen LogP contribution in [0.2, 0.25) is 0 Å². The summed E-state index contributed by atoms with van der Waals surface area (Å²) in [6.45, 7) is 2.32. The van der Waals surface area contributed by atoms with E-state index in [1.54, 1.807) is 30.3 Å². The zero-order valence-corrected chi connectivity index (χ0v) is 17.6. The van der Waals surface area contributed by atoms with Crippen molar-refractivity contribution in [2.24, 2.45) is 5.41 Å². The lowest BCUT2D eigenvalue weighted by Crippen LogP contribution is -2.55. The number of alkyl halides is 2. The largest absolute Gasteiger partial charge is 0.426 e. The van der Waals surface area contributed by atoms with Crippen LogP contribution in [0.3, 0.4) is 0 Å². The number of carbonyl (C=O) groups is 1. The molecule has 0 amide bonds. The van der Waals surface area contributed by atoms with Gasteiger partial charge >= 0.3 is 5.97 Å². The number of hydrogen-bond acceptors (Lipinski definition) is 3. The summed E-state index contributed by atoms with van der Waals surface area (Å²) in [6.07, 6.45) is -2.78. The Morgan fingerprint density at radius 3 is 1.94 bits per heavy atom. The van der Waals surface area contributed by atoms with Crippen LogP contribution < -0.4 is 4.74 Å². The first-order valence-electron chi connectivity index (χ1n) is 10.2. The molecule has 0 saturated heterocycles. The maximum Gasteiger partial charge on any atom is 0.320 e. The van der Waals surface area contributed by atoms with E-state index in [-0.39, 0.29) is 12.2 Å². The predicted molar refractivity (Wildman–Crippen MR) is 117 cm³/mol. The average Bonchev–Trinajstić information content (AvgIpc) is 2.78. The molecule has 0 radical (unpaired) electrons. The molecule has 3 rings (SSSR count). The van der Waals surface area contributed by atoms with Crippen LogP contribution in [-0.2, 0) is 11.2 Å². The SMILES string of the molecule is CC(CCc1ccc(-c2ccccc2)cc1)(C(=O)Oc1ccccc1)C(C)(O)C(F)F. The van der Waals surface area contributed by atoms with Gasteiger partial charge < -0.3 is 9.84 Å². The van der Waals surface area contributed by atoms with E-state index >= 15 is 0 Å². The first-order chi connectivity index (χ1) is 14.7. The third-order valence-corrected chi connectivity index (χ3v) is 5.92. The van der Waals surface area contributed by atoms with Crippen molar-refractivity contribution in [2.45, 2.75) is 38.7 Å². The van der Waals surface area contributed by atoms with Gasteiger partial charge in [0.05, 0.1) is 5.41 Å². The zero-order valence-electron chi connectivity index (χ0n) is 17.6. The Kier molecular flexibility index (Phi) is 6.86. The van der Waals surface area contributed by atoms with E-state index in [9.17, 15) is 18.7 Å². The van der Waals surface area contributed by atoms with Crippen LogP contribution in [0.4, 0.5) is 8.78 Å². The molecule has 162 valence electrons. The van der Waals surface area contributed by atoms with Crippen molar-refractivity contribution in [3.63, 3.8) is 0 Å². The molecule has 0 heterocycles. The smallest absolute Gasteiger partial charge is 0.320 e. The van der Waals surface area contributed by atoms with Crippen molar-refractivity contribution in [1.82, 2.24) is 0 Å². The Balaban J connectivity index is 1.79. The Hall–Kier alpha value is -3.05. The standard InChI is InChI=1S/C26H26F2O3/c1-25(26(2,30)23(27)28,24(29)31-22-11-7-4-8-12-22)18-17-19-13-15-21(16-14-19)20-9-5-3-6-10-20/h3-16,23,30H,17-18H2,1-2H3. The number of carbonyl (C=O) groups excluding carboxylic acids is 1. The number of halogens is 2. The van der Waals surface area contributed by atoms with Gasteiger partial charge in [0, 0.05) is 0 Å². The number of benzene rings is 3. The van der Waals surface area contributed by atoms with Crippen molar-refractivity contribution in [1.29, 1.82) is 0 Å².